The van der Waals surface area contributed by atoms with Gasteiger partial charge in [0, 0.05) is 6.42 Å². The number of thiocarbonyl (C=S) groups is 1. The van der Waals surface area contributed by atoms with Gasteiger partial charge in [0.15, 0.2) is 0 Å². The van der Waals surface area contributed by atoms with E-state index in [9.17, 15) is 9.59 Å². The first kappa shape index (κ1) is 14.1. The van der Waals surface area contributed by atoms with Crippen LogP contribution in [0.4, 0.5) is 0 Å². The van der Waals surface area contributed by atoms with E-state index in [1.54, 1.807) is 6.20 Å². The number of aromatic nitrogens is 1. The van der Waals surface area contributed by atoms with Gasteiger partial charge in [-0.3, -0.25) is 9.59 Å². The van der Waals surface area contributed by atoms with Crippen LogP contribution in [0.2, 0.25) is 0 Å². The fourth-order valence-electron chi connectivity index (χ4n) is 1.08. The van der Waals surface area contributed by atoms with Gasteiger partial charge in [0.05, 0.1) is 24.3 Å². The molecule has 0 saturated heterocycles. The number of nitrogens with one attached hydrogen (secondary N) is 2. The first-order valence-electron chi connectivity index (χ1n) is 5.30. The van der Waals surface area contributed by atoms with Crippen molar-refractivity contribution in [3.8, 4) is 0 Å². The fourth-order valence-corrected chi connectivity index (χ4v) is 1.15. The molecule has 0 spiro atoms. The van der Waals surface area contributed by atoms with Crippen molar-refractivity contribution in [1.29, 1.82) is 0 Å². The molecule has 98 valence electrons. The maximum absolute atomic E-state index is 11.3. The molecule has 1 aromatic heterocycles. The molecule has 0 radical (unpaired) electrons. The molecule has 1 heterocycles. The van der Waals surface area contributed by atoms with Crippen molar-refractivity contribution in [3.63, 3.8) is 0 Å². The van der Waals surface area contributed by atoms with Crippen molar-refractivity contribution in [2.45, 2.75) is 19.9 Å². The molecule has 0 aromatic carbocycles. The Kier molecular flexibility index (Phi) is 5.25. The number of hydrogen-bond donors (Lipinski definition) is 3. The zero-order valence-corrected chi connectivity index (χ0v) is 10.7. The minimum atomic E-state index is -0.801. The minimum Gasteiger partial charge on any atom is -0.444 e. The van der Waals surface area contributed by atoms with Crippen molar-refractivity contribution in [2.75, 3.05) is 6.54 Å². The van der Waals surface area contributed by atoms with Gasteiger partial charge >= 0.3 is 11.8 Å². The summed E-state index contributed by atoms with van der Waals surface area (Å²) in [6.07, 6.45) is 2.30. The molecule has 0 aliphatic rings. The molecule has 1 aromatic rings. The van der Waals surface area contributed by atoms with Crippen LogP contribution >= 0.6 is 12.2 Å². The summed E-state index contributed by atoms with van der Waals surface area (Å²) in [5.74, 6) is -0.521. The number of oxazole rings is 1. The smallest absolute Gasteiger partial charge is 0.309 e. The van der Waals surface area contributed by atoms with Crippen molar-refractivity contribution in [2.24, 2.45) is 5.73 Å². The molecule has 2 amide bonds. The van der Waals surface area contributed by atoms with E-state index < -0.39 is 11.8 Å². The van der Waals surface area contributed by atoms with E-state index in [1.807, 2.05) is 6.92 Å². The Morgan fingerprint density at radius 3 is 2.67 bits per heavy atom. The van der Waals surface area contributed by atoms with Gasteiger partial charge in [-0.05, 0) is 0 Å². The van der Waals surface area contributed by atoms with Gasteiger partial charge < -0.3 is 20.8 Å². The van der Waals surface area contributed by atoms with E-state index in [0.29, 0.717) is 5.89 Å². The second kappa shape index (κ2) is 6.70. The Bertz CT molecular complexity index is 458. The molecular formula is C10H14N4O3S. The van der Waals surface area contributed by atoms with Gasteiger partial charge in [-0.15, -0.1) is 0 Å². The Labute approximate surface area is 109 Å². The van der Waals surface area contributed by atoms with Gasteiger partial charge in [-0.2, -0.15) is 0 Å². The van der Waals surface area contributed by atoms with E-state index in [0.717, 1.165) is 12.2 Å². The number of carbonyl (C=O) groups excluding carboxylic acids is 2. The summed E-state index contributed by atoms with van der Waals surface area (Å²) in [6.45, 7) is 1.96. The van der Waals surface area contributed by atoms with Crippen molar-refractivity contribution in [3.05, 3.63) is 17.8 Å². The summed E-state index contributed by atoms with van der Waals surface area (Å²) in [6, 6.07) is 0. The molecule has 0 fully saturated rings. The molecule has 0 aliphatic heterocycles. The maximum Gasteiger partial charge on any atom is 0.309 e. The summed E-state index contributed by atoms with van der Waals surface area (Å²) in [5.41, 5.74) is 5.18. The molecule has 4 N–H and O–H groups in total. The minimum absolute atomic E-state index is 0.0133. The molecule has 0 atom stereocenters. The Morgan fingerprint density at radius 1 is 1.44 bits per heavy atom. The van der Waals surface area contributed by atoms with Crippen LogP contribution in [0, 0.1) is 0 Å². The number of hydrogen-bond acceptors (Lipinski definition) is 5. The standard InChI is InChI=1S/C10H14N4O3S/c1-2-6-3-12-8(17-6)5-14-10(16)9(15)13-4-7(11)18/h3H,2,4-5H2,1H3,(H2,11,18)(H,13,15)(H,14,16). The van der Waals surface area contributed by atoms with E-state index in [4.69, 9.17) is 10.2 Å². The second-order valence-corrected chi connectivity index (χ2v) is 3.93. The van der Waals surface area contributed by atoms with Gasteiger partial charge in [0.1, 0.15) is 5.76 Å². The molecular weight excluding hydrogens is 256 g/mol. The Balaban J connectivity index is 2.36. The van der Waals surface area contributed by atoms with Gasteiger partial charge in [-0.1, -0.05) is 19.1 Å². The highest BCUT2D eigenvalue weighted by atomic mass is 32.1. The highest BCUT2D eigenvalue weighted by Gasteiger charge is 2.13. The molecule has 18 heavy (non-hydrogen) atoms. The maximum atomic E-state index is 11.3. The number of nitrogens with zero attached hydrogens (tertiary/aromatic N) is 1. The molecule has 1 rings (SSSR count). The summed E-state index contributed by atoms with van der Waals surface area (Å²) < 4.78 is 5.26. The number of nitrogens with two attached hydrogens (primary N) is 1. The van der Waals surface area contributed by atoms with Crippen LogP contribution in [-0.2, 0) is 22.6 Å². The SMILES string of the molecule is CCc1cnc(CNC(=O)C(=O)NCC(N)=S)o1. The van der Waals surface area contributed by atoms with Crippen LogP contribution < -0.4 is 16.4 Å². The van der Waals surface area contributed by atoms with Crippen molar-refractivity contribution in [1.82, 2.24) is 15.6 Å². The molecule has 0 saturated carbocycles. The number of amides is 2. The Hall–Kier alpha value is -1.96. The highest BCUT2D eigenvalue weighted by molar-refractivity contribution is 7.80. The molecule has 8 heteroatoms. The van der Waals surface area contributed by atoms with E-state index >= 15 is 0 Å². The van der Waals surface area contributed by atoms with Gasteiger partial charge in [0.25, 0.3) is 0 Å². The van der Waals surface area contributed by atoms with Crippen LogP contribution in [-0.4, -0.2) is 28.3 Å². The quantitative estimate of drug-likeness (QED) is 0.480. The number of carbonyl (C=O) groups is 2. The van der Waals surface area contributed by atoms with Gasteiger partial charge in [-0.25, -0.2) is 4.98 Å². The van der Waals surface area contributed by atoms with Gasteiger partial charge in [0.2, 0.25) is 5.89 Å². The zero-order chi connectivity index (χ0) is 13.5. The summed E-state index contributed by atoms with van der Waals surface area (Å²) in [7, 11) is 0. The third kappa shape index (κ3) is 4.50. The summed E-state index contributed by atoms with van der Waals surface area (Å²) >= 11 is 4.56. The molecule has 0 aliphatic carbocycles. The van der Waals surface area contributed by atoms with Crippen molar-refractivity contribution >= 4 is 29.0 Å². The topological polar surface area (TPSA) is 110 Å². The van der Waals surface area contributed by atoms with Crippen molar-refractivity contribution < 1.29 is 14.0 Å². The zero-order valence-electron chi connectivity index (χ0n) is 9.86. The third-order valence-electron chi connectivity index (χ3n) is 1.98. The van der Waals surface area contributed by atoms with Crippen LogP contribution in [0.5, 0.6) is 0 Å². The summed E-state index contributed by atoms with van der Waals surface area (Å²) in [5, 5.41) is 4.63. The lowest BCUT2D eigenvalue weighted by atomic mass is 10.4. The molecule has 7 nitrogen and oxygen atoms in total. The average molecular weight is 270 g/mol. The third-order valence-corrected chi connectivity index (χ3v) is 2.12. The van der Waals surface area contributed by atoms with Crippen LogP contribution in [0.25, 0.3) is 0 Å². The predicted octanol–water partition coefficient (Wildman–Crippen LogP) is -0.744. The highest BCUT2D eigenvalue weighted by Crippen LogP contribution is 2.03. The number of rotatable bonds is 5. The van der Waals surface area contributed by atoms with Crippen LogP contribution in [0.15, 0.2) is 10.6 Å². The predicted molar refractivity (Wildman–Crippen MR) is 67.5 cm³/mol. The molecule has 0 unspecified atom stereocenters. The largest absolute Gasteiger partial charge is 0.444 e. The lowest BCUT2D eigenvalue weighted by Gasteiger charge is -2.03. The molecule has 0 bridgehead atoms. The number of aryl methyl sites for hydroxylation is 1. The van der Waals surface area contributed by atoms with E-state index in [2.05, 4.69) is 27.8 Å². The monoisotopic (exact) mass is 270 g/mol. The fraction of sp³-hybridized carbons (Fsp3) is 0.400. The lowest BCUT2D eigenvalue weighted by molar-refractivity contribution is -0.139. The van der Waals surface area contributed by atoms with E-state index in [1.165, 1.54) is 0 Å². The summed E-state index contributed by atoms with van der Waals surface area (Å²) in [4.78, 5) is 26.6. The first-order valence-corrected chi connectivity index (χ1v) is 5.71. The van der Waals surface area contributed by atoms with Crippen LogP contribution in [0.1, 0.15) is 18.6 Å². The van der Waals surface area contributed by atoms with E-state index in [-0.39, 0.29) is 18.1 Å². The average Bonchev–Trinajstić information content (AvgIpc) is 2.80. The lowest BCUT2D eigenvalue weighted by Crippen LogP contribution is -2.42. The Morgan fingerprint density at radius 2 is 2.11 bits per heavy atom. The normalized spacial score (nSPS) is 9.83. The first-order chi connectivity index (χ1) is 8.52. The second-order valence-electron chi connectivity index (χ2n) is 3.41. The van der Waals surface area contributed by atoms with Crippen LogP contribution in [0.3, 0.4) is 0 Å².